The van der Waals surface area contributed by atoms with Gasteiger partial charge in [-0.1, -0.05) is 51.4 Å². The number of likely N-dealkylation sites (N-methyl/N-ethyl adjacent to an activating group) is 1. The van der Waals surface area contributed by atoms with Gasteiger partial charge in [0.2, 0.25) is 5.91 Å². The van der Waals surface area contributed by atoms with Gasteiger partial charge in [-0.25, -0.2) is 8.78 Å². The van der Waals surface area contributed by atoms with Crippen molar-refractivity contribution >= 4 is 29.0 Å². The molecule has 2 aliphatic heterocycles. The number of aliphatic hydroxyl groups is 2. The Labute approximate surface area is 246 Å². The summed E-state index contributed by atoms with van der Waals surface area (Å²) in [4.78, 5) is 30.4. The van der Waals surface area contributed by atoms with Crippen LogP contribution >= 0.6 is 11.6 Å². The lowest BCUT2D eigenvalue weighted by atomic mass is 9.61. The second kappa shape index (κ2) is 12.1. The number of anilines is 1. The first kappa shape index (κ1) is 31.5. The molecule has 2 aliphatic rings. The Kier molecular flexibility index (Phi) is 9.29. The lowest BCUT2D eigenvalue weighted by Crippen LogP contribution is -2.50. The largest absolute Gasteiger partial charge is 0.394 e. The Balaban J connectivity index is 1.94. The molecular formula is C32H41ClF2N2O4. The lowest BCUT2D eigenvalue weighted by Gasteiger charge is -2.40. The molecule has 1 amide bonds. The van der Waals surface area contributed by atoms with Crippen molar-refractivity contribution in [2.75, 3.05) is 19.0 Å². The molecule has 5 atom stereocenters. The molecule has 1 saturated heterocycles. The zero-order chi connectivity index (χ0) is 30.3. The van der Waals surface area contributed by atoms with E-state index < -0.39 is 53.7 Å². The molecule has 3 N–H and O–H groups in total. The highest BCUT2D eigenvalue weighted by Gasteiger charge is 2.68. The van der Waals surface area contributed by atoms with Crippen LogP contribution < -0.4 is 5.32 Å². The third-order valence-corrected chi connectivity index (χ3v) is 9.04. The molecule has 1 spiro atoms. The van der Waals surface area contributed by atoms with Gasteiger partial charge in [0, 0.05) is 35.2 Å². The molecular weight excluding hydrogens is 550 g/mol. The topological polar surface area (TPSA) is 89.9 Å². The number of amides is 1. The van der Waals surface area contributed by atoms with Crippen LogP contribution in [0.2, 0.25) is 5.02 Å². The number of ketones is 1. The standard InChI is InChI=1S/C32H41ClF2N2O4/c1-18(2)15-31(3,4)16-27-32(22-13-23(34)24(35)14-25(22)36-30(32)41)28(19-8-6-9-20(33)12-19)29(37(27)5)26(40)11-7-10-21(39)17-38/h6,8-9,12-14,18,21,27-29,38-39H,7,10-11,15-17H2,1-5H3,(H,36,41)/t21-,27+,28-,29-,32-/m0/s1. The second-order valence-electron chi connectivity index (χ2n) is 13.0. The Morgan fingerprint density at radius 2 is 1.88 bits per heavy atom. The minimum atomic E-state index is -1.40. The smallest absolute Gasteiger partial charge is 0.237 e. The number of nitrogens with one attached hydrogen (secondary N) is 1. The maximum absolute atomic E-state index is 14.9. The molecule has 6 nitrogen and oxygen atoms in total. The van der Waals surface area contributed by atoms with Crippen LogP contribution in [0.5, 0.6) is 0 Å². The molecule has 0 aliphatic carbocycles. The number of hydrogen-bond acceptors (Lipinski definition) is 5. The fourth-order valence-corrected chi connectivity index (χ4v) is 7.71. The maximum Gasteiger partial charge on any atom is 0.237 e. The Morgan fingerprint density at radius 3 is 2.51 bits per heavy atom. The SMILES string of the molecule is CC(C)CC(C)(C)C[C@H]1N(C)[C@@H](C(=O)CCC[C@H](O)CO)[C@H](c2cccc(Cl)c2)[C@@]12C(=O)Nc1cc(F)c(F)cc12. The van der Waals surface area contributed by atoms with Crippen molar-refractivity contribution < 1.29 is 28.6 Å². The summed E-state index contributed by atoms with van der Waals surface area (Å²) < 4.78 is 29.4. The van der Waals surface area contributed by atoms with Crippen molar-refractivity contribution in [3.8, 4) is 0 Å². The highest BCUT2D eigenvalue weighted by atomic mass is 35.5. The number of rotatable bonds is 11. The minimum Gasteiger partial charge on any atom is -0.394 e. The molecule has 0 unspecified atom stereocenters. The number of halogens is 3. The highest BCUT2D eigenvalue weighted by molar-refractivity contribution is 6.30. The van der Waals surface area contributed by atoms with Crippen LogP contribution in [0.3, 0.4) is 0 Å². The molecule has 0 saturated carbocycles. The number of aliphatic hydroxyl groups excluding tert-OH is 2. The first-order valence-electron chi connectivity index (χ1n) is 14.3. The Morgan fingerprint density at radius 1 is 1.20 bits per heavy atom. The van der Waals surface area contributed by atoms with E-state index in [9.17, 15) is 28.6 Å². The van der Waals surface area contributed by atoms with Crippen molar-refractivity contribution in [3.05, 3.63) is 64.2 Å². The molecule has 0 aromatic heterocycles. The van der Waals surface area contributed by atoms with Crippen molar-refractivity contribution in [3.63, 3.8) is 0 Å². The van der Waals surface area contributed by atoms with E-state index in [4.69, 9.17) is 11.6 Å². The summed E-state index contributed by atoms with van der Waals surface area (Å²) in [6.45, 7) is 8.14. The molecule has 2 aromatic rings. The monoisotopic (exact) mass is 590 g/mol. The third-order valence-electron chi connectivity index (χ3n) is 8.81. The van der Waals surface area contributed by atoms with Gasteiger partial charge in [-0.2, -0.15) is 0 Å². The summed E-state index contributed by atoms with van der Waals surface area (Å²) in [7, 11) is 1.83. The Bertz CT molecular complexity index is 1300. The second-order valence-corrected chi connectivity index (χ2v) is 13.4. The van der Waals surface area contributed by atoms with E-state index in [1.807, 2.05) is 18.0 Å². The van der Waals surface area contributed by atoms with E-state index >= 15 is 0 Å². The van der Waals surface area contributed by atoms with E-state index in [-0.39, 0.29) is 29.7 Å². The van der Waals surface area contributed by atoms with Crippen LogP contribution in [0.25, 0.3) is 0 Å². The first-order chi connectivity index (χ1) is 19.2. The number of benzene rings is 2. The minimum absolute atomic E-state index is 0.119. The quantitative estimate of drug-likeness (QED) is 0.306. The van der Waals surface area contributed by atoms with E-state index in [0.29, 0.717) is 34.9 Å². The van der Waals surface area contributed by atoms with E-state index in [1.165, 1.54) is 0 Å². The number of nitrogens with zero attached hydrogens (tertiary/aromatic N) is 1. The number of hydrogen-bond donors (Lipinski definition) is 3. The van der Waals surface area contributed by atoms with Crippen LogP contribution in [0, 0.1) is 23.0 Å². The van der Waals surface area contributed by atoms with Gasteiger partial charge in [0.05, 0.1) is 18.8 Å². The summed E-state index contributed by atoms with van der Waals surface area (Å²) in [5, 5.41) is 22.3. The van der Waals surface area contributed by atoms with Gasteiger partial charge in [0.25, 0.3) is 0 Å². The van der Waals surface area contributed by atoms with Gasteiger partial charge >= 0.3 is 0 Å². The summed E-state index contributed by atoms with van der Waals surface area (Å²) in [6, 6.07) is 7.88. The van der Waals surface area contributed by atoms with Crippen LogP contribution in [0.15, 0.2) is 36.4 Å². The van der Waals surface area contributed by atoms with Crippen LogP contribution in [-0.2, 0) is 15.0 Å². The lowest BCUT2D eigenvalue weighted by molar-refractivity contribution is -0.124. The van der Waals surface area contributed by atoms with Gasteiger partial charge in [-0.05, 0) is 73.4 Å². The van der Waals surface area contributed by atoms with E-state index in [0.717, 1.165) is 18.6 Å². The van der Waals surface area contributed by atoms with Crippen LogP contribution in [-0.4, -0.2) is 58.6 Å². The maximum atomic E-state index is 14.9. The predicted molar refractivity (Wildman–Crippen MR) is 156 cm³/mol. The van der Waals surface area contributed by atoms with Crippen molar-refractivity contribution in [2.24, 2.45) is 11.3 Å². The Hall–Kier alpha value is -2.39. The molecule has 0 bridgehead atoms. The van der Waals surface area contributed by atoms with Crippen LogP contribution in [0.4, 0.5) is 14.5 Å². The highest BCUT2D eigenvalue weighted by Crippen LogP contribution is 2.60. The van der Waals surface area contributed by atoms with Crippen molar-refractivity contribution in [2.45, 2.75) is 89.3 Å². The number of Topliss-reactive ketones (excluding diaryl/α,β-unsaturated/α-hetero) is 1. The first-order valence-corrected chi connectivity index (χ1v) is 14.7. The number of carbonyl (C=O) groups excluding carboxylic acids is 2. The fraction of sp³-hybridized carbons (Fsp3) is 0.562. The van der Waals surface area contributed by atoms with Crippen molar-refractivity contribution in [1.82, 2.24) is 4.90 Å². The summed E-state index contributed by atoms with van der Waals surface area (Å²) in [6.07, 6.45) is 1.19. The molecule has 2 heterocycles. The zero-order valence-electron chi connectivity index (χ0n) is 24.4. The number of fused-ring (bicyclic) bond motifs is 2. The molecule has 41 heavy (non-hydrogen) atoms. The summed E-state index contributed by atoms with van der Waals surface area (Å²) in [5.74, 6) is -3.00. The average Bonchev–Trinajstić information content (AvgIpc) is 3.29. The molecule has 224 valence electrons. The van der Waals surface area contributed by atoms with Gasteiger partial charge in [-0.15, -0.1) is 0 Å². The normalized spacial score (nSPS) is 25.1. The van der Waals surface area contributed by atoms with Gasteiger partial charge in [0.15, 0.2) is 17.4 Å². The molecule has 2 aromatic carbocycles. The van der Waals surface area contributed by atoms with E-state index in [1.54, 1.807) is 18.2 Å². The molecule has 1 fully saturated rings. The van der Waals surface area contributed by atoms with Gasteiger partial charge < -0.3 is 15.5 Å². The molecule has 4 rings (SSSR count). The average molecular weight is 591 g/mol. The third kappa shape index (κ3) is 5.94. The fourth-order valence-electron chi connectivity index (χ4n) is 7.51. The van der Waals surface area contributed by atoms with Crippen LogP contribution in [0.1, 0.15) is 76.8 Å². The summed E-state index contributed by atoms with van der Waals surface area (Å²) in [5.41, 5.74) is -0.434. The number of carbonyl (C=O) groups is 2. The molecule has 0 radical (unpaired) electrons. The zero-order valence-corrected chi connectivity index (χ0v) is 25.1. The van der Waals surface area contributed by atoms with Gasteiger partial charge in [-0.3, -0.25) is 14.5 Å². The summed E-state index contributed by atoms with van der Waals surface area (Å²) >= 11 is 6.44. The van der Waals surface area contributed by atoms with Gasteiger partial charge in [0.1, 0.15) is 5.41 Å². The number of likely N-dealkylation sites (tertiary alicyclic amines) is 1. The molecule has 9 heteroatoms. The predicted octanol–water partition coefficient (Wildman–Crippen LogP) is 5.83. The van der Waals surface area contributed by atoms with Crippen molar-refractivity contribution in [1.29, 1.82) is 0 Å². The van der Waals surface area contributed by atoms with E-state index in [2.05, 4.69) is 33.0 Å².